The zero-order chi connectivity index (χ0) is 8.97. The summed E-state index contributed by atoms with van der Waals surface area (Å²) >= 11 is 0. The second-order valence-electron chi connectivity index (χ2n) is 2.53. The highest BCUT2D eigenvalue weighted by Gasteiger charge is 2.07. The Kier molecular flexibility index (Phi) is 2.76. The van der Waals surface area contributed by atoms with Crippen molar-refractivity contribution >= 4 is 5.69 Å². The van der Waals surface area contributed by atoms with Crippen LogP contribution in [0.3, 0.4) is 0 Å². The van der Waals surface area contributed by atoms with E-state index in [1.165, 1.54) is 0 Å². The van der Waals surface area contributed by atoms with Gasteiger partial charge in [-0.3, -0.25) is 0 Å². The summed E-state index contributed by atoms with van der Waals surface area (Å²) in [5, 5.41) is 0. The van der Waals surface area contributed by atoms with E-state index in [0.717, 1.165) is 12.0 Å². The molecule has 0 heterocycles. The van der Waals surface area contributed by atoms with Crippen molar-refractivity contribution < 1.29 is 4.87 Å². The maximum atomic E-state index is 10.7. The summed E-state index contributed by atoms with van der Waals surface area (Å²) in [6, 6.07) is 7.10. The number of hydrogen-bond acceptors (Lipinski definition) is 2. The molecule has 0 aliphatic heterocycles. The number of hydrogen-bond donors (Lipinski definition) is 2. The van der Waals surface area contributed by atoms with Crippen LogP contribution in [0.2, 0.25) is 0 Å². The van der Waals surface area contributed by atoms with E-state index in [4.69, 9.17) is 11.6 Å². The van der Waals surface area contributed by atoms with Gasteiger partial charge in [0, 0.05) is 12.1 Å². The first kappa shape index (κ1) is 8.67. The lowest BCUT2D eigenvalue weighted by Crippen LogP contribution is -2.09. The normalized spacial score (nSPS) is 9.75. The fraction of sp³-hybridized carbons (Fsp3) is 0.250. The molecule has 4 heteroatoms. The van der Waals surface area contributed by atoms with Gasteiger partial charge < -0.3 is 5.73 Å². The van der Waals surface area contributed by atoms with Gasteiger partial charge in [0.05, 0.1) is 4.91 Å². The topological polar surface area (TPSA) is 72.1 Å². The lowest BCUT2D eigenvalue weighted by atomic mass is 10.1. The average Bonchev–Trinajstić information content (AvgIpc) is 2.05. The molecule has 1 rings (SSSR count). The Morgan fingerprint density at radius 2 is 2.17 bits per heavy atom. The molecule has 0 aromatic heterocycles. The highest BCUT2D eigenvalue weighted by Crippen LogP contribution is 2.11. The molecule has 0 aliphatic rings. The number of nitrogens with two attached hydrogens (primary N) is 2. The number of benzene rings is 1. The molecule has 0 saturated heterocycles. The van der Waals surface area contributed by atoms with Crippen molar-refractivity contribution in [1.29, 1.82) is 0 Å². The molecule has 4 nitrogen and oxygen atoms in total. The van der Waals surface area contributed by atoms with E-state index < -0.39 is 0 Å². The Hall–Kier alpha value is -1.42. The number of nitrogens with zero attached hydrogens (tertiary/aromatic N) is 1. The lowest BCUT2D eigenvalue weighted by Gasteiger charge is -1.95. The van der Waals surface area contributed by atoms with Crippen LogP contribution in [0.25, 0.3) is 0 Å². The highest BCUT2D eigenvalue weighted by atomic mass is 16.3. The van der Waals surface area contributed by atoms with Crippen LogP contribution in [0, 0.1) is 4.91 Å². The van der Waals surface area contributed by atoms with Crippen molar-refractivity contribution in [2.75, 3.05) is 6.54 Å². The van der Waals surface area contributed by atoms with E-state index in [1.54, 1.807) is 18.2 Å². The van der Waals surface area contributed by atoms with Gasteiger partial charge in [0.1, 0.15) is 0 Å². The molecule has 1 aromatic carbocycles. The SMILES string of the molecule is NCCc1cccc([N+](N)=O)c1. The van der Waals surface area contributed by atoms with E-state index in [1.807, 2.05) is 6.07 Å². The van der Waals surface area contributed by atoms with Crippen LogP contribution in [0.5, 0.6) is 0 Å². The third-order valence-corrected chi connectivity index (χ3v) is 1.60. The minimum atomic E-state index is 0.347. The average molecular weight is 166 g/mol. The molecule has 0 atom stereocenters. The van der Waals surface area contributed by atoms with Crippen LogP contribution in [-0.4, -0.2) is 11.4 Å². The molecule has 0 radical (unpaired) electrons. The third-order valence-electron chi connectivity index (χ3n) is 1.60. The molecule has 1 aromatic rings. The summed E-state index contributed by atoms with van der Waals surface area (Å²) in [6.45, 7) is 0.576. The Balaban J connectivity index is 2.88. The maximum Gasteiger partial charge on any atom is 0.291 e. The van der Waals surface area contributed by atoms with Gasteiger partial charge in [-0.05, 0) is 18.5 Å². The predicted molar refractivity (Wildman–Crippen MR) is 46.7 cm³/mol. The molecule has 0 amide bonds. The smallest absolute Gasteiger partial charge is 0.291 e. The molecule has 4 N–H and O–H groups in total. The van der Waals surface area contributed by atoms with Crippen molar-refractivity contribution in [1.82, 2.24) is 0 Å². The summed E-state index contributed by atoms with van der Waals surface area (Å²) in [6.07, 6.45) is 0.766. The standard InChI is InChI=1S/C8H12N3O/c9-5-4-7-2-1-3-8(6-7)11(10)12/h1-3,6H,4-5,9H2,(H2,10,12)/q+1. The van der Waals surface area contributed by atoms with Crippen LogP contribution in [-0.2, 0) is 6.42 Å². The zero-order valence-corrected chi connectivity index (χ0v) is 6.73. The Bertz CT molecular complexity index is 285. The Morgan fingerprint density at radius 1 is 1.42 bits per heavy atom. The third kappa shape index (κ3) is 2.03. The maximum absolute atomic E-state index is 10.7. The number of nitroso groups, excluding NO2 is 1. The van der Waals surface area contributed by atoms with E-state index in [2.05, 4.69) is 0 Å². The lowest BCUT2D eigenvalue weighted by molar-refractivity contribution is -0.474. The molecule has 0 unspecified atom stereocenters. The number of rotatable bonds is 3. The minimum absolute atomic E-state index is 0.347. The molecule has 0 saturated carbocycles. The molecule has 0 aliphatic carbocycles. The van der Waals surface area contributed by atoms with Crippen LogP contribution in [0.4, 0.5) is 5.69 Å². The minimum Gasteiger partial charge on any atom is -0.330 e. The van der Waals surface area contributed by atoms with E-state index >= 15 is 0 Å². The van der Waals surface area contributed by atoms with Gasteiger partial charge in [-0.1, -0.05) is 12.1 Å². The molecule has 0 fully saturated rings. The summed E-state index contributed by atoms with van der Waals surface area (Å²) in [7, 11) is 0. The van der Waals surface area contributed by atoms with Crippen molar-refractivity contribution in [3.8, 4) is 0 Å². The van der Waals surface area contributed by atoms with Gasteiger partial charge in [-0.15, -0.1) is 0 Å². The quantitative estimate of drug-likeness (QED) is 0.389. The number of hydrazine groups is 1. The Morgan fingerprint density at radius 3 is 2.75 bits per heavy atom. The van der Waals surface area contributed by atoms with Gasteiger partial charge >= 0.3 is 0 Å². The van der Waals surface area contributed by atoms with Gasteiger partial charge in [-0.25, -0.2) is 0 Å². The second kappa shape index (κ2) is 3.82. The van der Waals surface area contributed by atoms with Crippen LogP contribution in [0.15, 0.2) is 24.3 Å². The van der Waals surface area contributed by atoms with Gasteiger partial charge in [0.25, 0.3) is 5.69 Å². The van der Waals surface area contributed by atoms with Gasteiger partial charge in [-0.2, -0.15) is 5.84 Å². The molecule has 64 valence electrons. The predicted octanol–water partition coefficient (Wildman–Crippen LogP) is 0.472. The zero-order valence-electron chi connectivity index (χ0n) is 6.73. The Labute approximate surface area is 70.7 Å². The highest BCUT2D eigenvalue weighted by molar-refractivity contribution is 5.33. The summed E-state index contributed by atoms with van der Waals surface area (Å²) in [5.41, 5.74) is 6.85. The molecule has 12 heavy (non-hydrogen) atoms. The van der Waals surface area contributed by atoms with E-state index in [9.17, 15) is 4.91 Å². The van der Waals surface area contributed by atoms with Crippen molar-refractivity contribution in [2.45, 2.75) is 6.42 Å². The first-order chi connectivity index (χ1) is 5.74. The first-order valence-electron chi connectivity index (χ1n) is 3.75. The second-order valence-corrected chi connectivity index (χ2v) is 2.53. The fourth-order valence-electron chi connectivity index (χ4n) is 1.02. The van der Waals surface area contributed by atoms with Crippen LogP contribution >= 0.6 is 0 Å². The van der Waals surface area contributed by atoms with Crippen LogP contribution < -0.4 is 11.6 Å². The molecular formula is C8H12N3O+. The molecular weight excluding hydrogens is 154 g/mol. The summed E-state index contributed by atoms with van der Waals surface area (Å²) in [4.78, 5) is 11.0. The monoisotopic (exact) mass is 166 g/mol. The summed E-state index contributed by atoms with van der Waals surface area (Å²) in [5.74, 6) is 5.03. The molecule has 0 bridgehead atoms. The fourth-order valence-corrected chi connectivity index (χ4v) is 1.02. The first-order valence-corrected chi connectivity index (χ1v) is 3.75. The van der Waals surface area contributed by atoms with Crippen molar-refractivity contribution in [3.05, 3.63) is 34.7 Å². The van der Waals surface area contributed by atoms with Gasteiger partial charge in [0.15, 0.2) is 4.87 Å². The van der Waals surface area contributed by atoms with E-state index in [-0.39, 0.29) is 0 Å². The van der Waals surface area contributed by atoms with E-state index in [0.29, 0.717) is 17.1 Å². The van der Waals surface area contributed by atoms with Crippen molar-refractivity contribution in [2.24, 2.45) is 11.6 Å². The molecule has 0 spiro atoms. The largest absolute Gasteiger partial charge is 0.330 e. The van der Waals surface area contributed by atoms with Gasteiger partial charge in [0.2, 0.25) is 0 Å². The van der Waals surface area contributed by atoms with Crippen LogP contribution in [0.1, 0.15) is 5.56 Å². The van der Waals surface area contributed by atoms with Crippen molar-refractivity contribution in [3.63, 3.8) is 0 Å². The summed E-state index contributed by atoms with van der Waals surface area (Å²) < 4.78 is 0.